The largest absolute Gasteiger partial charge is 0.0792 e. The number of rotatable bonds is 3. The average Bonchev–Trinajstić information content (AvgIpc) is 2.51. The van der Waals surface area contributed by atoms with Gasteiger partial charge in [-0.05, 0) is 91.2 Å². The Morgan fingerprint density at radius 1 is 0.536 bits per heavy atom. The van der Waals surface area contributed by atoms with E-state index in [4.69, 9.17) is 0 Å². The predicted octanol–water partition coefficient (Wildman–Crippen LogP) is 7.42. The summed E-state index contributed by atoms with van der Waals surface area (Å²) in [7, 11) is -1.61. The second-order valence-electron chi connectivity index (χ2n) is 9.53. The summed E-state index contributed by atoms with van der Waals surface area (Å²) in [6.07, 6.45) is 0. The standard InChI is InChI=1S/C27H34Si/c1-17-13-19(3)25(20(4)14-17)23-11-10-12-24(27(23)28(7,8)9)26-21(5)15-18(2)16-22(26)6/h10-16H,1-9H3. The van der Waals surface area contributed by atoms with E-state index in [0.717, 1.165) is 0 Å². The van der Waals surface area contributed by atoms with E-state index in [1.165, 1.54) is 55.6 Å². The Morgan fingerprint density at radius 2 is 0.857 bits per heavy atom. The van der Waals surface area contributed by atoms with Crippen LogP contribution in [0.3, 0.4) is 0 Å². The minimum Gasteiger partial charge on any atom is -0.0656 e. The molecule has 0 spiro atoms. The van der Waals surface area contributed by atoms with Gasteiger partial charge in [0.05, 0.1) is 8.07 Å². The lowest BCUT2D eigenvalue weighted by Gasteiger charge is -2.28. The highest BCUT2D eigenvalue weighted by molar-refractivity contribution is 6.90. The van der Waals surface area contributed by atoms with Crippen molar-refractivity contribution in [3.05, 3.63) is 75.8 Å². The summed E-state index contributed by atoms with van der Waals surface area (Å²) in [4.78, 5) is 0. The third-order valence-corrected chi connectivity index (χ3v) is 7.75. The van der Waals surface area contributed by atoms with Crippen molar-refractivity contribution in [1.82, 2.24) is 0 Å². The monoisotopic (exact) mass is 386 g/mol. The molecule has 0 amide bonds. The molecule has 1 heteroatoms. The summed E-state index contributed by atoms with van der Waals surface area (Å²) in [5, 5.41) is 1.58. The molecule has 0 aliphatic heterocycles. The van der Waals surface area contributed by atoms with E-state index in [-0.39, 0.29) is 0 Å². The second kappa shape index (κ2) is 7.37. The van der Waals surface area contributed by atoms with Gasteiger partial charge in [0, 0.05) is 0 Å². The lowest BCUT2D eigenvalue weighted by atomic mass is 9.89. The van der Waals surface area contributed by atoms with Crippen LogP contribution in [0.1, 0.15) is 33.4 Å². The van der Waals surface area contributed by atoms with Crippen molar-refractivity contribution in [2.45, 2.75) is 61.2 Å². The van der Waals surface area contributed by atoms with Crippen LogP contribution in [0.15, 0.2) is 42.5 Å². The van der Waals surface area contributed by atoms with Crippen LogP contribution in [0.25, 0.3) is 22.3 Å². The van der Waals surface area contributed by atoms with Gasteiger partial charge in [-0.3, -0.25) is 0 Å². The van der Waals surface area contributed by atoms with Crippen LogP contribution in [-0.4, -0.2) is 8.07 Å². The lowest BCUT2D eigenvalue weighted by molar-refractivity contribution is 1.31. The fourth-order valence-electron chi connectivity index (χ4n) is 4.99. The van der Waals surface area contributed by atoms with E-state index >= 15 is 0 Å². The van der Waals surface area contributed by atoms with E-state index in [1.807, 2.05) is 0 Å². The Hall–Kier alpha value is -2.12. The molecule has 0 saturated carbocycles. The van der Waals surface area contributed by atoms with Crippen LogP contribution < -0.4 is 5.19 Å². The van der Waals surface area contributed by atoms with E-state index in [1.54, 1.807) is 5.19 Å². The molecule has 0 saturated heterocycles. The van der Waals surface area contributed by atoms with E-state index in [0.29, 0.717) is 0 Å². The van der Waals surface area contributed by atoms with Crippen LogP contribution >= 0.6 is 0 Å². The fourth-order valence-corrected chi connectivity index (χ4v) is 7.02. The first-order valence-corrected chi connectivity index (χ1v) is 13.8. The molecule has 3 rings (SSSR count). The summed E-state index contributed by atoms with van der Waals surface area (Å²) in [5.74, 6) is 0. The molecule has 146 valence electrons. The molecular weight excluding hydrogens is 352 g/mol. The van der Waals surface area contributed by atoms with E-state index in [9.17, 15) is 0 Å². The Balaban J connectivity index is 2.43. The van der Waals surface area contributed by atoms with Crippen molar-refractivity contribution < 1.29 is 0 Å². The summed E-state index contributed by atoms with van der Waals surface area (Å²) in [6, 6.07) is 16.3. The van der Waals surface area contributed by atoms with Gasteiger partial charge in [0.25, 0.3) is 0 Å². The SMILES string of the molecule is Cc1cc(C)c(-c2cccc(-c3c(C)cc(C)cc3C)c2[Si](C)(C)C)c(C)c1. The van der Waals surface area contributed by atoms with Gasteiger partial charge in [-0.1, -0.05) is 73.2 Å². The molecule has 0 bridgehead atoms. The van der Waals surface area contributed by atoms with Gasteiger partial charge in [-0.15, -0.1) is 0 Å². The molecule has 0 unspecified atom stereocenters. The number of aryl methyl sites for hydroxylation is 6. The molecule has 0 atom stereocenters. The Labute approximate surface area is 172 Å². The highest BCUT2D eigenvalue weighted by Gasteiger charge is 2.27. The zero-order chi connectivity index (χ0) is 20.8. The minimum atomic E-state index is -1.61. The third kappa shape index (κ3) is 3.73. The molecule has 0 aromatic heterocycles. The summed E-state index contributed by atoms with van der Waals surface area (Å²) >= 11 is 0. The average molecular weight is 387 g/mol. The number of hydrogen-bond donors (Lipinski definition) is 0. The van der Waals surface area contributed by atoms with Crippen molar-refractivity contribution in [2.75, 3.05) is 0 Å². The van der Waals surface area contributed by atoms with Gasteiger partial charge < -0.3 is 0 Å². The summed E-state index contributed by atoms with van der Waals surface area (Å²) in [6.45, 7) is 20.9. The normalized spacial score (nSPS) is 11.8. The zero-order valence-electron chi connectivity index (χ0n) is 19.0. The molecule has 0 radical (unpaired) electrons. The molecule has 3 aromatic rings. The van der Waals surface area contributed by atoms with Crippen molar-refractivity contribution in [3.8, 4) is 22.3 Å². The van der Waals surface area contributed by atoms with Gasteiger partial charge in [0.2, 0.25) is 0 Å². The molecule has 0 N–H and O–H groups in total. The van der Waals surface area contributed by atoms with Gasteiger partial charge in [0.15, 0.2) is 0 Å². The smallest absolute Gasteiger partial charge is 0.0656 e. The molecule has 0 aliphatic rings. The van der Waals surface area contributed by atoms with Gasteiger partial charge >= 0.3 is 0 Å². The van der Waals surface area contributed by atoms with Gasteiger partial charge in [-0.2, -0.15) is 0 Å². The molecule has 0 nitrogen and oxygen atoms in total. The topological polar surface area (TPSA) is 0 Å². The third-order valence-electron chi connectivity index (χ3n) is 5.71. The first-order valence-electron chi connectivity index (χ1n) is 10.3. The molecule has 0 aliphatic carbocycles. The lowest BCUT2D eigenvalue weighted by Crippen LogP contribution is -2.40. The van der Waals surface area contributed by atoms with Crippen LogP contribution in [0, 0.1) is 41.5 Å². The van der Waals surface area contributed by atoms with Gasteiger partial charge in [0.1, 0.15) is 0 Å². The fraction of sp³-hybridized carbons (Fsp3) is 0.333. The Bertz CT molecular complexity index is 927. The number of benzene rings is 3. The molecule has 3 aromatic carbocycles. The van der Waals surface area contributed by atoms with E-state index in [2.05, 4.69) is 104 Å². The maximum Gasteiger partial charge on any atom is 0.0792 e. The summed E-state index contributed by atoms with van der Waals surface area (Å²) in [5.41, 5.74) is 13.9. The maximum atomic E-state index is 2.48. The molecule has 0 fully saturated rings. The van der Waals surface area contributed by atoms with Crippen molar-refractivity contribution in [3.63, 3.8) is 0 Å². The first-order chi connectivity index (χ1) is 13.0. The van der Waals surface area contributed by atoms with Crippen LogP contribution in [0.5, 0.6) is 0 Å². The maximum absolute atomic E-state index is 2.48. The quantitative estimate of drug-likeness (QED) is 0.411. The molecule has 0 heterocycles. The first kappa shape index (κ1) is 20.6. The van der Waals surface area contributed by atoms with E-state index < -0.39 is 8.07 Å². The Kier molecular flexibility index (Phi) is 5.42. The Morgan fingerprint density at radius 3 is 1.14 bits per heavy atom. The van der Waals surface area contributed by atoms with Gasteiger partial charge in [-0.25, -0.2) is 0 Å². The predicted molar refractivity (Wildman–Crippen MR) is 129 cm³/mol. The molecular formula is C27H34Si. The van der Waals surface area contributed by atoms with Crippen LogP contribution in [-0.2, 0) is 0 Å². The summed E-state index contributed by atoms with van der Waals surface area (Å²) < 4.78 is 0. The van der Waals surface area contributed by atoms with Crippen molar-refractivity contribution in [2.24, 2.45) is 0 Å². The van der Waals surface area contributed by atoms with Crippen molar-refractivity contribution >= 4 is 13.3 Å². The van der Waals surface area contributed by atoms with Crippen molar-refractivity contribution in [1.29, 1.82) is 0 Å². The number of hydrogen-bond acceptors (Lipinski definition) is 0. The zero-order valence-corrected chi connectivity index (χ0v) is 20.0. The highest BCUT2D eigenvalue weighted by Crippen LogP contribution is 2.35. The molecule has 28 heavy (non-hydrogen) atoms. The minimum absolute atomic E-state index is 1.34. The second-order valence-corrected chi connectivity index (χ2v) is 14.5. The van der Waals surface area contributed by atoms with Crippen LogP contribution in [0.4, 0.5) is 0 Å². The van der Waals surface area contributed by atoms with Crippen LogP contribution in [0.2, 0.25) is 19.6 Å². The highest BCUT2D eigenvalue weighted by atomic mass is 28.3.